The van der Waals surface area contributed by atoms with E-state index >= 15 is 0 Å². The van der Waals surface area contributed by atoms with E-state index in [-0.39, 0.29) is 17.4 Å². The predicted octanol–water partition coefficient (Wildman–Crippen LogP) is -0.771. The summed E-state index contributed by atoms with van der Waals surface area (Å²) >= 11 is 0. The maximum absolute atomic E-state index is 11.8. The largest absolute Gasteiger partial charge is 0.364 e. The third-order valence-corrected chi connectivity index (χ3v) is 3.36. The molecule has 0 radical (unpaired) electrons. The number of nitrogens with two attached hydrogens (primary N) is 1. The topological polar surface area (TPSA) is 136 Å². The SMILES string of the molecule is NNc1ncc(S(=O)(=O)NCc2ccon2)cn1. The number of aromatic nitrogens is 3. The van der Waals surface area contributed by atoms with E-state index in [4.69, 9.17) is 5.84 Å². The first-order valence-electron chi connectivity index (χ1n) is 4.79. The molecule has 9 nitrogen and oxygen atoms in total. The van der Waals surface area contributed by atoms with E-state index in [2.05, 4.69) is 29.8 Å². The van der Waals surface area contributed by atoms with E-state index in [1.807, 2.05) is 0 Å². The Balaban J connectivity index is 2.09. The summed E-state index contributed by atoms with van der Waals surface area (Å²) in [6.07, 6.45) is 3.65. The van der Waals surface area contributed by atoms with Crippen LogP contribution in [0.2, 0.25) is 0 Å². The Hall–Kier alpha value is -2.04. The predicted molar refractivity (Wildman–Crippen MR) is 60.4 cm³/mol. The first-order valence-corrected chi connectivity index (χ1v) is 6.28. The van der Waals surface area contributed by atoms with Crippen molar-refractivity contribution >= 4 is 16.0 Å². The van der Waals surface area contributed by atoms with Crippen LogP contribution in [0.5, 0.6) is 0 Å². The molecule has 96 valence electrons. The second kappa shape index (κ2) is 5.08. The highest BCUT2D eigenvalue weighted by Crippen LogP contribution is 2.07. The molecule has 0 saturated heterocycles. The molecule has 4 N–H and O–H groups in total. The van der Waals surface area contributed by atoms with Crippen LogP contribution in [-0.2, 0) is 16.6 Å². The van der Waals surface area contributed by atoms with Gasteiger partial charge in [-0.25, -0.2) is 29.0 Å². The number of hydrogen-bond donors (Lipinski definition) is 3. The number of hydrogen-bond acceptors (Lipinski definition) is 8. The number of nitrogens with one attached hydrogen (secondary N) is 2. The van der Waals surface area contributed by atoms with E-state index in [1.165, 1.54) is 6.26 Å². The maximum atomic E-state index is 11.8. The van der Waals surface area contributed by atoms with Gasteiger partial charge < -0.3 is 4.52 Å². The van der Waals surface area contributed by atoms with Gasteiger partial charge in [0.1, 0.15) is 11.2 Å². The molecular formula is C8H10N6O3S. The highest BCUT2D eigenvalue weighted by atomic mass is 32.2. The number of hydrazine groups is 1. The highest BCUT2D eigenvalue weighted by molar-refractivity contribution is 7.89. The zero-order valence-corrected chi connectivity index (χ0v) is 9.88. The van der Waals surface area contributed by atoms with Crippen molar-refractivity contribution in [1.82, 2.24) is 19.8 Å². The summed E-state index contributed by atoms with van der Waals surface area (Å²) < 4.78 is 30.6. The minimum Gasteiger partial charge on any atom is -0.364 e. The molecule has 18 heavy (non-hydrogen) atoms. The summed E-state index contributed by atoms with van der Waals surface area (Å²) in [7, 11) is -3.69. The molecule has 0 aliphatic carbocycles. The molecule has 2 heterocycles. The average Bonchev–Trinajstić information content (AvgIpc) is 2.90. The van der Waals surface area contributed by atoms with Gasteiger partial charge in [0.15, 0.2) is 0 Å². The number of rotatable bonds is 5. The molecule has 0 spiro atoms. The molecule has 0 saturated carbocycles. The molecule has 0 fully saturated rings. The Labute approximate surface area is 102 Å². The number of sulfonamides is 1. The zero-order chi connectivity index (χ0) is 13.0. The van der Waals surface area contributed by atoms with Gasteiger partial charge in [-0.2, -0.15) is 0 Å². The van der Waals surface area contributed by atoms with Crippen LogP contribution in [0.15, 0.2) is 34.1 Å². The standard InChI is InChI=1S/C8H10N6O3S/c9-13-8-10-4-7(5-11-8)18(15,16)12-3-6-1-2-17-14-6/h1-2,4-5,12H,3,9H2,(H,10,11,13). The molecule has 0 aliphatic heterocycles. The monoisotopic (exact) mass is 270 g/mol. The third kappa shape index (κ3) is 2.80. The van der Waals surface area contributed by atoms with Gasteiger partial charge in [0.2, 0.25) is 16.0 Å². The highest BCUT2D eigenvalue weighted by Gasteiger charge is 2.15. The van der Waals surface area contributed by atoms with Gasteiger partial charge in [-0.05, 0) is 0 Å². The van der Waals surface area contributed by atoms with Gasteiger partial charge in [0.25, 0.3) is 0 Å². The Bertz CT molecular complexity index is 594. The normalized spacial score (nSPS) is 11.4. The van der Waals surface area contributed by atoms with Crippen LogP contribution in [0.1, 0.15) is 5.69 Å². The molecule has 2 rings (SSSR count). The molecule has 0 unspecified atom stereocenters. The fourth-order valence-electron chi connectivity index (χ4n) is 1.11. The van der Waals surface area contributed by atoms with Crippen molar-refractivity contribution in [3.63, 3.8) is 0 Å². The first-order chi connectivity index (χ1) is 8.62. The number of anilines is 1. The van der Waals surface area contributed by atoms with E-state index in [9.17, 15) is 8.42 Å². The van der Waals surface area contributed by atoms with E-state index in [0.29, 0.717) is 5.69 Å². The Morgan fingerprint density at radius 1 is 1.33 bits per heavy atom. The lowest BCUT2D eigenvalue weighted by molar-refractivity contribution is 0.411. The lowest BCUT2D eigenvalue weighted by atomic mass is 10.5. The third-order valence-electron chi connectivity index (χ3n) is 2.00. The first kappa shape index (κ1) is 12.4. The second-order valence-corrected chi connectivity index (χ2v) is 4.97. The molecule has 2 aromatic heterocycles. The Morgan fingerprint density at radius 2 is 2.06 bits per heavy atom. The van der Waals surface area contributed by atoms with Crippen molar-refractivity contribution in [1.29, 1.82) is 0 Å². The van der Waals surface area contributed by atoms with Gasteiger partial charge in [-0.15, -0.1) is 0 Å². The molecule has 2 aromatic rings. The average molecular weight is 270 g/mol. The minimum absolute atomic E-state index is 0.0235. The van der Waals surface area contributed by atoms with Crippen molar-refractivity contribution < 1.29 is 12.9 Å². The fourth-order valence-corrected chi connectivity index (χ4v) is 2.00. The molecule has 0 amide bonds. The van der Waals surface area contributed by atoms with Gasteiger partial charge in [0.05, 0.1) is 24.6 Å². The molecular weight excluding hydrogens is 260 g/mol. The summed E-state index contributed by atoms with van der Waals surface area (Å²) in [5.41, 5.74) is 2.67. The van der Waals surface area contributed by atoms with Crippen molar-refractivity contribution in [3.05, 3.63) is 30.4 Å². The van der Waals surface area contributed by atoms with Crippen molar-refractivity contribution in [2.75, 3.05) is 5.43 Å². The molecule has 0 atom stereocenters. The van der Waals surface area contributed by atoms with Crippen LogP contribution < -0.4 is 16.0 Å². The summed E-state index contributed by atoms with van der Waals surface area (Å²) in [4.78, 5) is 7.35. The molecule has 0 aromatic carbocycles. The minimum atomic E-state index is -3.69. The van der Waals surface area contributed by atoms with Crippen LogP contribution in [0.25, 0.3) is 0 Å². The summed E-state index contributed by atoms with van der Waals surface area (Å²) in [5, 5.41) is 3.58. The van der Waals surface area contributed by atoms with E-state index < -0.39 is 10.0 Å². The smallest absolute Gasteiger partial charge is 0.244 e. The van der Waals surface area contributed by atoms with E-state index in [0.717, 1.165) is 12.4 Å². The molecule has 0 bridgehead atoms. The quantitative estimate of drug-likeness (QED) is 0.476. The second-order valence-electron chi connectivity index (χ2n) is 3.20. The number of nitrogen functional groups attached to an aromatic ring is 1. The van der Waals surface area contributed by atoms with Gasteiger partial charge >= 0.3 is 0 Å². The van der Waals surface area contributed by atoms with E-state index in [1.54, 1.807) is 6.07 Å². The van der Waals surface area contributed by atoms with Gasteiger partial charge in [-0.1, -0.05) is 5.16 Å². The summed E-state index contributed by atoms with van der Waals surface area (Å²) in [5.74, 6) is 5.20. The fraction of sp³-hybridized carbons (Fsp3) is 0.125. The summed E-state index contributed by atoms with van der Waals surface area (Å²) in [6, 6.07) is 1.56. The Morgan fingerprint density at radius 3 is 2.61 bits per heavy atom. The van der Waals surface area contributed by atoms with Gasteiger partial charge in [-0.3, -0.25) is 5.43 Å². The van der Waals surface area contributed by atoms with Crippen LogP contribution >= 0.6 is 0 Å². The van der Waals surface area contributed by atoms with Crippen LogP contribution in [0.3, 0.4) is 0 Å². The lowest BCUT2D eigenvalue weighted by Crippen LogP contribution is -2.24. The lowest BCUT2D eigenvalue weighted by Gasteiger charge is -2.04. The van der Waals surface area contributed by atoms with Crippen molar-refractivity contribution in [3.8, 4) is 0 Å². The van der Waals surface area contributed by atoms with Crippen LogP contribution in [0, 0.1) is 0 Å². The Kier molecular flexibility index (Phi) is 3.50. The van der Waals surface area contributed by atoms with Gasteiger partial charge in [0, 0.05) is 6.07 Å². The molecule has 0 aliphatic rings. The maximum Gasteiger partial charge on any atom is 0.244 e. The van der Waals surface area contributed by atoms with Crippen molar-refractivity contribution in [2.45, 2.75) is 11.4 Å². The van der Waals surface area contributed by atoms with Crippen molar-refractivity contribution in [2.24, 2.45) is 5.84 Å². The molecule has 10 heteroatoms. The number of nitrogens with zero attached hydrogens (tertiary/aromatic N) is 3. The van der Waals surface area contributed by atoms with Crippen LogP contribution in [-0.4, -0.2) is 23.5 Å². The summed E-state index contributed by atoms with van der Waals surface area (Å²) in [6.45, 7) is 0.0235. The van der Waals surface area contributed by atoms with Crippen LogP contribution in [0.4, 0.5) is 5.95 Å². The zero-order valence-electron chi connectivity index (χ0n) is 9.07.